The molecule has 2 unspecified atom stereocenters. The standard InChI is InChI=1S/C15H21N5/c1-10-7-20(8-14(10)19(2)3)15-12-5-4-11(16)6-13(12)17-9-18-15/h4-6,9-10,14H,7-8,16H2,1-3H3. The largest absolute Gasteiger partial charge is 0.399 e. The molecule has 1 aliphatic rings. The first-order chi connectivity index (χ1) is 9.56. The van der Waals surface area contributed by atoms with Crippen LogP contribution >= 0.6 is 0 Å². The smallest absolute Gasteiger partial charge is 0.139 e. The van der Waals surface area contributed by atoms with E-state index in [2.05, 4.69) is 40.8 Å². The van der Waals surface area contributed by atoms with Crippen molar-refractivity contribution in [3.05, 3.63) is 24.5 Å². The van der Waals surface area contributed by atoms with Gasteiger partial charge in [0.15, 0.2) is 0 Å². The second kappa shape index (κ2) is 4.90. The fourth-order valence-corrected chi connectivity index (χ4v) is 3.11. The van der Waals surface area contributed by atoms with Gasteiger partial charge in [0.1, 0.15) is 12.1 Å². The summed E-state index contributed by atoms with van der Waals surface area (Å²) in [5, 5.41) is 1.08. The van der Waals surface area contributed by atoms with Gasteiger partial charge in [0.05, 0.1) is 5.52 Å². The molecule has 0 radical (unpaired) electrons. The third-order valence-electron chi connectivity index (χ3n) is 4.18. The third-order valence-corrected chi connectivity index (χ3v) is 4.18. The molecule has 20 heavy (non-hydrogen) atoms. The van der Waals surface area contributed by atoms with Crippen molar-refractivity contribution in [2.45, 2.75) is 13.0 Å². The van der Waals surface area contributed by atoms with E-state index in [1.54, 1.807) is 6.33 Å². The van der Waals surface area contributed by atoms with Crippen LogP contribution in [0.5, 0.6) is 0 Å². The number of nitrogens with two attached hydrogens (primary N) is 1. The second-order valence-corrected chi connectivity index (χ2v) is 5.89. The first kappa shape index (κ1) is 13.1. The number of hydrogen-bond acceptors (Lipinski definition) is 5. The number of nitrogen functional groups attached to an aromatic ring is 1. The molecule has 0 bridgehead atoms. The van der Waals surface area contributed by atoms with E-state index in [0.29, 0.717) is 12.0 Å². The van der Waals surface area contributed by atoms with Crippen LogP contribution < -0.4 is 10.6 Å². The number of fused-ring (bicyclic) bond motifs is 1. The molecule has 2 atom stereocenters. The van der Waals surface area contributed by atoms with E-state index in [1.807, 2.05) is 18.2 Å². The number of rotatable bonds is 2. The van der Waals surface area contributed by atoms with Crippen LogP contribution in [-0.2, 0) is 0 Å². The predicted octanol–water partition coefficient (Wildman–Crippen LogP) is 1.60. The van der Waals surface area contributed by atoms with E-state index in [4.69, 9.17) is 5.73 Å². The Labute approximate surface area is 119 Å². The molecule has 0 saturated carbocycles. The lowest BCUT2D eigenvalue weighted by Gasteiger charge is -2.23. The SMILES string of the molecule is CC1CN(c2ncnc3cc(N)ccc23)CC1N(C)C. The number of benzene rings is 1. The molecule has 0 spiro atoms. The van der Waals surface area contributed by atoms with Gasteiger partial charge in [-0.3, -0.25) is 0 Å². The highest BCUT2D eigenvalue weighted by Crippen LogP contribution is 2.30. The molecule has 1 aromatic carbocycles. The molecule has 0 aliphatic carbocycles. The van der Waals surface area contributed by atoms with Crippen molar-refractivity contribution in [3.63, 3.8) is 0 Å². The van der Waals surface area contributed by atoms with Crippen molar-refractivity contribution in [1.82, 2.24) is 14.9 Å². The minimum atomic E-state index is 0.564. The predicted molar refractivity (Wildman–Crippen MR) is 82.8 cm³/mol. The topological polar surface area (TPSA) is 58.3 Å². The molecule has 1 aromatic heterocycles. The van der Waals surface area contributed by atoms with Gasteiger partial charge in [-0.2, -0.15) is 0 Å². The molecule has 0 amide bonds. The normalized spacial score (nSPS) is 22.9. The van der Waals surface area contributed by atoms with Gasteiger partial charge < -0.3 is 15.5 Å². The van der Waals surface area contributed by atoms with Gasteiger partial charge >= 0.3 is 0 Å². The Kier molecular flexibility index (Phi) is 3.22. The Morgan fingerprint density at radius 3 is 2.75 bits per heavy atom. The molecule has 1 fully saturated rings. The van der Waals surface area contributed by atoms with E-state index < -0.39 is 0 Å². The van der Waals surface area contributed by atoms with Gasteiger partial charge in [0.25, 0.3) is 0 Å². The summed E-state index contributed by atoms with van der Waals surface area (Å²) in [5.41, 5.74) is 7.48. The van der Waals surface area contributed by atoms with Crippen molar-refractivity contribution in [2.24, 2.45) is 5.92 Å². The number of anilines is 2. The number of nitrogens with zero attached hydrogens (tertiary/aromatic N) is 4. The highest BCUT2D eigenvalue weighted by Gasteiger charge is 2.32. The van der Waals surface area contributed by atoms with Gasteiger partial charge in [-0.25, -0.2) is 9.97 Å². The Bertz CT molecular complexity index is 625. The first-order valence-electron chi connectivity index (χ1n) is 6.98. The third kappa shape index (κ3) is 2.18. The van der Waals surface area contributed by atoms with Crippen LogP contribution in [-0.4, -0.2) is 48.1 Å². The zero-order valence-electron chi connectivity index (χ0n) is 12.2. The summed E-state index contributed by atoms with van der Waals surface area (Å²) in [6, 6.07) is 6.41. The minimum absolute atomic E-state index is 0.564. The number of hydrogen-bond donors (Lipinski definition) is 1. The van der Waals surface area contributed by atoms with E-state index in [-0.39, 0.29) is 0 Å². The van der Waals surface area contributed by atoms with Crippen LogP contribution in [0.25, 0.3) is 10.9 Å². The van der Waals surface area contributed by atoms with Gasteiger partial charge in [-0.15, -0.1) is 0 Å². The van der Waals surface area contributed by atoms with Crippen molar-refractivity contribution in [2.75, 3.05) is 37.8 Å². The van der Waals surface area contributed by atoms with E-state index >= 15 is 0 Å². The summed E-state index contributed by atoms with van der Waals surface area (Å²) in [7, 11) is 4.28. The van der Waals surface area contributed by atoms with Crippen LogP contribution in [0, 0.1) is 5.92 Å². The molecule has 2 N–H and O–H groups in total. The van der Waals surface area contributed by atoms with E-state index in [0.717, 1.165) is 35.5 Å². The highest BCUT2D eigenvalue weighted by atomic mass is 15.3. The molecule has 5 nitrogen and oxygen atoms in total. The van der Waals surface area contributed by atoms with Crippen LogP contribution in [0.2, 0.25) is 0 Å². The van der Waals surface area contributed by atoms with Gasteiger partial charge in [0.2, 0.25) is 0 Å². The Morgan fingerprint density at radius 2 is 2.05 bits per heavy atom. The monoisotopic (exact) mass is 271 g/mol. The fourth-order valence-electron chi connectivity index (χ4n) is 3.11. The lowest BCUT2D eigenvalue weighted by molar-refractivity contribution is 0.266. The van der Waals surface area contributed by atoms with Crippen molar-refractivity contribution in [3.8, 4) is 0 Å². The van der Waals surface area contributed by atoms with Crippen LogP contribution in [0.15, 0.2) is 24.5 Å². The molecule has 1 saturated heterocycles. The Hall–Kier alpha value is -1.88. The summed E-state index contributed by atoms with van der Waals surface area (Å²) in [6.07, 6.45) is 1.63. The zero-order chi connectivity index (χ0) is 14.3. The quantitative estimate of drug-likeness (QED) is 0.841. The van der Waals surface area contributed by atoms with Crippen LogP contribution in [0.3, 0.4) is 0 Å². The molecule has 5 heteroatoms. The Morgan fingerprint density at radius 1 is 1.25 bits per heavy atom. The van der Waals surface area contributed by atoms with Gasteiger partial charge in [0, 0.05) is 30.2 Å². The molecule has 3 rings (SSSR count). The summed E-state index contributed by atoms with van der Waals surface area (Å²) < 4.78 is 0. The van der Waals surface area contributed by atoms with Crippen LogP contribution in [0.4, 0.5) is 11.5 Å². The average Bonchev–Trinajstić information content (AvgIpc) is 2.79. The fraction of sp³-hybridized carbons (Fsp3) is 0.467. The lowest BCUT2D eigenvalue weighted by Crippen LogP contribution is -2.34. The zero-order valence-corrected chi connectivity index (χ0v) is 12.2. The van der Waals surface area contributed by atoms with Crippen molar-refractivity contribution in [1.29, 1.82) is 0 Å². The maximum atomic E-state index is 5.83. The number of likely N-dealkylation sites (N-methyl/N-ethyl adjacent to an activating group) is 1. The molecule has 2 heterocycles. The maximum Gasteiger partial charge on any atom is 0.139 e. The highest BCUT2D eigenvalue weighted by molar-refractivity contribution is 5.91. The van der Waals surface area contributed by atoms with Gasteiger partial charge in [-0.1, -0.05) is 6.92 Å². The minimum Gasteiger partial charge on any atom is -0.399 e. The Balaban J connectivity index is 1.99. The average molecular weight is 271 g/mol. The lowest BCUT2D eigenvalue weighted by atomic mass is 10.1. The molecular formula is C15H21N5. The second-order valence-electron chi connectivity index (χ2n) is 5.89. The molecular weight excluding hydrogens is 250 g/mol. The summed E-state index contributed by atoms with van der Waals surface area (Å²) in [4.78, 5) is 13.5. The van der Waals surface area contributed by atoms with Crippen LogP contribution in [0.1, 0.15) is 6.92 Å². The van der Waals surface area contributed by atoms with Crippen molar-refractivity contribution < 1.29 is 0 Å². The van der Waals surface area contributed by atoms with Gasteiger partial charge in [-0.05, 0) is 38.2 Å². The summed E-state index contributed by atoms with van der Waals surface area (Å²) >= 11 is 0. The maximum absolute atomic E-state index is 5.83. The molecule has 2 aromatic rings. The first-order valence-corrected chi connectivity index (χ1v) is 6.98. The molecule has 106 valence electrons. The summed E-state index contributed by atoms with van der Waals surface area (Å²) in [6.45, 7) is 4.33. The summed E-state index contributed by atoms with van der Waals surface area (Å²) in [5.74, 6) is 1.65. The molecule has 1 aliphatic heterocycles. The van der Waals surface area contributed by atoms with E-state index in [1.165, 1.54) is 0 Å². The number of aromatic nitrogens is 2. The van der Waals surface area contributed by atoms with E-state index in [9.17, 15) is 0 Å². The van der Waals surface area contributed by atoms with Crippen molar-refractivity contribution >= 4 is 22.4 Å².